The number of aliphatic hydroxyl groups is 4. The first-order valence-electron chi connectivity index (χ1n) is 25.9. The van der Waals surface area contributed by atoms with Crippen LogP contribution in [0.4, 0.5) is 13.2 Å². The number of ketones is 1. The van der Waals surface area contributed by atoms with Crippen molar-refractivity contribution in [2.45, 2.75) is 217 Å². The molecule has 0 aliphatic heterocycles. The van der Waals surface area contributed by atoms with Crippen molar-refractivity contribution in [2.75, 3.05) is 13.2 Å². The van der Waals surface area contributed by atoms with Crippen LogP contribution in [0, 0.1) is 5.92 Å². The minimum atomic E-state index is -4.63. The van der Waals surface area contributed by atoms with Crippen LogP contribution in [0.5, 0.6) is 0 Å². The summed E-state index contributed by atoms with van der Waals surface area (Å²) in [5.41, 5.74) is 2.67. The Labute approximate surface area is 530 Å². The molecular formula is C55H107ClF3N9O12S3Ti. The summed E-state index contributed by atoms with van der Waals surface area (Å²) in [4.78, 5) is 32.5. The van der Waals surface area contributed by atoms with Gasteiger partial charge in [0.25, 0.3) is 0 Å². The summed E-state index contributed by atoms with van der Waals surface area (Å²) in [7, 11) is 1.10. The fraction of sp³-hybridized carbons (Fsp3) is 0.709. The smallest absolute Gasteiger partial charge is 0.392 e. The van der Waals surface area contributed by atoms with E-state index in [1.165, 1.54) is 37.0 Å². The van der Waals surface area contributed by atoms with Gasteiger partial charge >= 0.3 is 18.1 Å². The molecule has 0 fully saturated rings. The van der Waals surface area contributed by atoms with E-state index in [1.54, 1.807) is 138 Å². The fourth-order valence-electron chi connectivity index (χ4n) is 3.82. The zero-order valence-electron chi connectivity index (χ0n) is 53.8. The largest absolute Gasteiger partial charge is 0.466 e. The molecule has 3 rings (SSSR count). The van der Waals surface area contributed by atoms with Crippen LogP contribution in [0.15, 0.2) is 58.1 Å². The topological polar surface area (TPSA) is 306 Å². The molecule has 0 saturated heterocycles. The summed E-state index contributed by atoms with van der Waals surface area (Å²) >= 11 is 0. The number of aliphatic hydroxyl groups excluding tert-OH is 4. The van der Waals surface area contributed by atoms with Gasteiger partial charge in [-0.05, 0) is 152 Å². The van der Waals surface area contributed by atoms with Crippen molar-refractivity contribution in [3.63, 3.8) is 0 Å². The van der Waals surface area contributed by atoms with Crippen LogP contribution in [0.1, 0.15) is 194 Å². The first-order chi connectivity index (χ1) is 36.5. The molecule has 21 nitrogen and oxygen atoms in total. The number of rotatable bonds is 12. The number of alkyl halides is 3. The Kier molecular flexibility index (Phi) is 62.1. The number of aryl methyl sites for hydroxylation is 3. The van der Waals surface area contributed by atoms with Gasteiger partial charge in [0.1, 0.15) is 22.0 Å². The van der Waals surface area contributed by atoms with Gasteiger partial charge in [-0.25, -0.2) is 17.4 Å². The average molecular weight is 1320 g/mol. The van der Waals surface area contributed by atoms with Gasteiger partial charge in [0.2, 0.25) is 0 Å². The molecule has 0 bridgehead atoms. The van der Waals surface area contributed by atoms with Crippen molar-refractivity contribution in [3.8, 4) is 0 Å². The van der Waals surface area contributed by atoms with Gasteiger partial charge < -0.3 is 29.9 Å². The van der Waals surface area contributed by atoms with Gasteiger partial charge in [-0.2, -0.15) is 37.3 Å². The monoisotopic (exact) mass is 1320 g/mol. The van der Waals surface area contributed by atoms with Crippen LogP contribution in [0.25, 0.3) is 0 Å². The number of nitrogens with zero attached hydrogens (tertiary/aromatic N) is 8. The standard InChI is InChI=1S/C16H24F3N3O3S.C10H17N3OS.C6H8N2O.C6H10O2.C4H11NOS.4C3H8O.CH4.ClH.Ti/c1-6-25-14(23)8-12(16(17,18)19)7-13(11-9-20-22(5)10-11)21-26(24)15(2,3)4;1-8(9-6-11-13(5)7-9)12-15(14)10(2,3)4;1-5(9)6-3-7-8(2)4-6;1-3-5-6(7)8-4-2;1-4(2,3)7(5)6;4*1-3(2)4;;;/h9-10,12H,6-8H2,1-5H3;6-7H,1-5H3;3-4H,1-2H3;3,5H,4H2,1-2H3;5H2,1-3H3;4*3-4H,1-2H3;1H4;1H;/b;;;5-3+;;;;;;;;/t12-,26+;15-;;;7-;;;;;;;/m01..1......./s1. The van der Waals surface area contributed by atoms with E-state index in [9.17, 15) is 40.2 Å². The normalized spacial score (nSPS) is 12.6. The van der Waals surface area contributed by atoms with Crippen LogP contribution in [-0.2, 0) is 94.9 Å². The van der Waals surface area contributed by atoms with Gasteiger partial charge in [-0.3, -0.25) is 28.8 Å². The predicted octanol–water partition coefficient (Wildman–Crippen LogP) is 9.64. The summed E-state index contributed by atoms with van der Waals surface area (Å²) in [6.07, 6.45) is 6.03. The molecule has 0 spiro atoms. The zero-order valence-corrected chi connectivity index (χ0v) is 58.6. The van der Waals surface area contributed by atoms with Crippen molar-refractivity contribution in [1.82, 2.24) is 29.3 Å². The number of ether oxygens (including phenoxy) is 2. The molecule has 0 radical (unpaired) electrons. The number of halogens is 4. The number of esters is 2. The van der Waals surface area contributed by atoms with E-state index in [0.717, 1.165) is 11.3 Å². The number of carbonyl (C=O) groups excluding carboxylic acids is 3. The number of aromatic nitrogens is 6. The summed E-state index contributed by atoms with van der Waals surface area (Å²) in [5, 5.41) is 49.1. The maximum Gasteiger partial charge on any atom is 0.392 e. The molecular weight excluding hydrogens is 1220 g/mol. The first-order valence-corrected chi connectivity index (χ1v) is 29.3. The molecule has 494 valence electrons. The molecule has 6 N–H and O–H groups in total. The number of hydrogen-bond acceptors (Lipinski definition) is 15. The third kappa shape index (κ3) is 65.9. The van der Waals surface area contributed by atoms with E-state index in [4.69, 9.17) is 25.6 Å². The third-order valence-corrected chi connectivity index (χ3v) is 11.7. The van der Waals surface area contributed by atoms with Gasteiger partial charge in [0, 0.05) is 109 Å². The Morgan fingerprint density at radius 3 is 1.18 bits per heavy atom. The quantitative estimate of drug-likeness (QED) is 0.0370. The van der Waals surface area contributed by atoms with Gasteiger partial charge in [-0.15, -0.1) is 12.4 Å². The molecule has 0 unspecified atom stereocenters. The molecule has 4 atom stereocenters. The number of hydrogen-bond donors (Lipinski definition) is 5. The maximum atomic E-state index is 13.4. The molecule has 0 aliphatic carbocycles. The second kappa shape index (κ2) is 52.5. The summed E-state index contributed by atoms with van der Waals surface area (Å²) in [6, 6.07) is 0. The Balaban J connectivity index is -0.000000118. The average Bonchev–Trinajstić information content (AvgIpc) is 4.03. The molecule has 0 amide bonds. The Morgan fingerprint density at radius 2 is 0.940 bits per heavy atom. The molecule has 84 heavy (non-hydrogen) atoms. The van der Waals surface area contributed by atoms with E-state index >= 15 is 0 Å². The number of Topliss-reactive ketones (excluding diaryl/α,β-unsaturated/α-hetero) is 1. The molecule has 0 aromatic carbocycles. The fourth-order valence-corrected chi connectivity index (χ4v) is 5.11. The Bertz CT molecular complexity index is 2310. The van der Waals surface area contributed by atoms with Crippen LogP contribution in [0.2, 0.25) is 0 Å². The van der Waals surface area contributed by atoms with Crippen molar-refractivity contribution in [3.05, 3.63) is 66.0 Å². The summed E-state index contributed by atoms with van der Waals surface area (Å²) in [6.45, 7) is 38.9. The second-order valence-corrected chi connectivity index (χ2v) is 26.8. The number of nitrogens with two attached hydrogens (primary N) is 1. The van der Waals surface area contributed by atoms with E-state index in [-0.39, 0.29) is 99.5 Å². The van der Waals surface area contributed by atoms with E-state index < -0.39 is 68.6 Å². The van der Waals surface area contributed by atoms with Crippen molar-refractivity contribution in [2.24, 2.45) is 41.0 Å². The molecule has 0 saturated carbocycles. The van der Waals surface area contributed by atoms with E-state index in [1.807, 2.05) is 61.7 Å². The van der Waals surface area contributed by atoms with E-state index in [2.05, 4.69) is 33.6 Å². The molecule has 0 aliphatic rings. The van der Waals surface area contributed by atoms with Crippen LogP contribution in [-0.4, -0.2) is 150 Å². The molecule has 3 heterocycles. The Hall–Kier alpha value is -3.64. The molecule has 29 heteroatoms. The van der Waals surface area contributed by atoms with Gasteiger partial charge in [0.05, 0.1) is 86.4 Å². The SMILES string of the molecule is C.C/C=C/C(=O)OCC.CC(=N[S@](=O)C(C)(C)C)c1cnn(C)c1.CC(=O)c1cnn(C)c1.CC(C)(C)[S@](N)=O.CC(C)O.CC(C)O.CC(C)O.CC(C)O.CCOC(=O)C[C@H](CC(=N[S@](=O)C(C)(C)C)c1cnn(C)c1)C(F)(F)F.Cl.[Ti]. The first kappa shape index (κ1) is 99.4. The third-order valence-electron chi connectivity index (χ3n) is 7.55. The zero-order chi connectivity index (χ0) is 65.4. The van der Waals surface area contributed by atoms with Crippen molar-refractivity contribution < 1.29 is 91.8 Å². The van der Waals surface area contributed by atoms with Gasteiger partial charge in [-0.1, -0.05) is 13.5 Å². The molecule has 3 aromatic rings. The van der Waals surface area contributed by atoms with Crippen molar-refractivity contribution >= 4 is 74.5 Å². The maximum absolute atomic E-state index is 13.4. The number of carbonyl (C=O) groups is 3. The minimum Gasteiger partial charge on any atom is -0.466 e. The Morgan fingerprint density at radius 1 is 0.631 bits per heavy atom. The summed E-state index contributed by atoms with van der Waals surface area (Å²) < 4.78 is 95.5. The van der Waals surface area contributed by atoms with Gasteiger partial charge in [0.15, 0.2) is 5.78 Å². The van der Waals surface area contributed by atoms with Crippen LogP contribution < -0.4 is 5.14 Å². The second-order valence-electron chi connectivity index (χ2n) is 21.2. The minimum absolute atomic E-state index is 0. The molecule has 3 aromatic heterocycles. The number of allylic oxidation sites excluding steroid dienone is 1. The van der Waals surface area contributed by atoms with Crippen molar-refractivity contribution in [1.29, 1.82) is 0 Å². The van der Waals surface area contributed by atoms with Crippen LogP contribution in [0.3, 0.4) is 0 Å². The predicted molar refractivity (Wildman–Crippen MR) is 337 cm³/mol. The summed E-state index contributed by atoms with van der Waals surface area (Å²) in [5.74, 6) is -3.13. The van der Waals surface area contributed by atoms with E-state index in [0.29, 0.717) is 17.7 Å². The van der Waals surface area contributed by atoms with Crippen LogP contribution >= 0.6 is 12.4 Å².